The maximum atomic E-state index is 13.3. The van der Waals surface area contributed by atoms with Crippen molar-refractivity contribution in [2.75, 3.05) is 19.5 Å². The maximum Gasteiger partial charge on any atom is 0.266 e. The first-order chi connectivity index (χ1) is 17.5. The van der Waals surface area contributed by atoms with Gasteiger partial charge in [0.05, 0.1) is 42.3 Å². The molecule has 3 aromatic carbocycles. The Labute approximate surface area is 216 Å². The van der Waals surface area contributed by atoms with Gasteiger partial charge in [0.2, 0.25) is 0 Å². The number of nitrogens with zero attached hydrogens (tertiary/aromatic N) is 3. The molecule has 184 valence electrons. The van der Waals surface area contributed by atoms with E-state index in [-0.39, 0.29) is 17.2 Å². The molecule has 0 saturated heterocycles. The van der Waals surface area contributed by atoms with Gasteiger partial charge in [-0.25, -0.2) is 10.4 Å². The van der Waals surface area contributed by atoms with E-state index >= 15 is 0 Å². The lowest BCUT2D eigenvalue weighted by atomic mass is 10.2. The van der Waals surface area contributed by atoms with Crippen molar-refractivity contribution < 1.29 is 14.3 Å². The lowest BCUT2D eigenvalue weighted by Gasteiger charge is -2.13. The van der Waals surface area contributed by atoms with Gasteiger partial charge in [-0.05, 0) is 67.1 Å². The molecule has 0 aliphatic rings. The van der Waals surface area contributed by atoms with Crippen LogP contribution >= 0.6 is 23.4 Å². The fourth-order valence-corrected chi connectivity index (χ4v) is 4.34. The highest BCUT2D eigenvalue weighted by molar-refractivity contribution is 7.99. The highest BCUT2D eigenvalue weighted by Crippen LogP contribution is 2.27. The molecule has 0 fully saturated rings. The average Bonchev–Trinajstić information content (AvgIpc) is 2.89. The van der Waals surface area contributed by atoms with Gasteiger partial charge < -0.3 is 9.47 Å². The Hall–Kier alpha value is -3.82. The zero-order valence-electron chi connectivity index (χ0n) is 19.6. The van der Waals surface area contributed by atoms with Gasteiger partial charge in [0.25, 0.3) is 11.5 Å². The molecule has 4 rings (SSSR count). The zero-order chi connectivity index (χ0) is 25.5. The van der Waals surface area contributed by atoms with Crippen LogP contribution in [-0.2, 0) is 4.79 Å². The van der Waals surface area contributed by atoms with Gasteiger partial charge in [0.15, 0.2) is 16.7 Å². The van der Waals surface area contributed by atoms with E-state index < -0.39 is 0 Å². The van der Waals surface area contributed by atoms with Crippen molar-refractivity contribution in [1.82, 2.24) is 15.0 Å². The minimum Gasteiger partial charge on any atom is -0.493 e. The second-order valence-electron chi connectivity index (χ2n) is 7.45. The first-order valence-electron chi connectivity index (χ1n) is 11.0. The summed E-state index contributed by atoms with van der Waals surface area (Å²) in [4.78, 5) is 30.4. The average molecular weight is 523 g/mol. The fourth-order valence-electron chi connectivity index (χ4n) is 3.41. The van der Waals surface area contributed by atoms with E-state index in [1.165, 1.54) is 10.8 Å². The number of amides is 1. The largest absolute Gasteiger partial charge is 0.493 e. The van der Waals surface area contributed by atoms with E-state index in [0.717, 1.165) is 17.3 Å². The molecule has 1 heterocycles. The van der Waals surface area contributed by atoms with Crippen molar-refractivity contribution in [2.24, 2.45) is 5.10 Å². The quantitative estimate of drug-likeness (QED) is 0.148. The molecule has 0 aliphatic carbocycles. The van der Waals surface area contributed by atoms with Crippen LogP contribution in [0, 0.1) is 0 Å². The zero-order valence-corrected chi connectivity index (χ0v) is 21.2. The standard InChI is InChI=1S/C26H23ClN4O4S/c1-3-35-22-13-8-17(14-23(22)34-2)15-28-30-24(32)16-36-26-29-21-7-5-4-6-20(21)25(33)31(26)19-11-9-18(27)10-12-19/h4-15H,3,16H2,1-2H3,(H,30,32). The molecule has 1 amide bonds. The van der Waals surface area contributed by atoms with Gasteiger partial charge in [-0.15, -0.1) is 0 Å². The van der Waals surface area contributed by atoms with Gasteiger partial charge in [0, 0.05) is 5.02 Å². The number of rotatable bonds is 9. The summed E-state index contributed by atoms with van der Waals surface area (Å²) in [6, 6.07) is 19.3. The number of hydrogen-bond acceptors (Lipinski definition) is 7. The minimum absolute atomic E-state index is 0.00229. The fraction of sp³-hybridized carbons (Fsp3) is 0.154. The number of ether oxygens (including phenoxy) is 2. The Morgan fingerprint density at radius 1 is 1.14 bits per heavy atom. The van der Waals surface area contributed by atoms with E-state index in [9.17, 15) is 9.59 Å². The van der Waals surface area contributed by atoms with Crippen molar-refractivity contribution in [1.29, 1.82) is 0 Å². The van der Waals surface area contributed by atoms with Crippen LogP contribution < -0.4 is 20.5 Å². The highest BCUT2D eigenvalue weighted by atomic mass is 35.5. The highest BCUT2D eigenvalue weighted by Gasteiger charge is 2.15. The lowest BCUT2D eigenvalue weighted by Crippen LogP contribution is -2.24. The molecule has 36 heavy (non-hydrogen) atoms. The molecule has 0 atom stereocenters. The third-order valence-corrected chi connectivity index (χ3v) is 6.24. The van der Waals surface area contributed by atoms with Crippen LogP contribution in [0.4, 0.5) is 0 Å². The summed E-state index contributed by atoms with van der Waals surface area (Å²) in [6.45, 7) is 2.42. The Balaban J connectivity index is 1.50. The predicted molar refractivity (Wildman–Crippen MR) is 143 cm³/mol. The number of methoxy groups -OCH3 is 1. The number of fused-ring (bicyclic) bond motifs is 1. The number of para-hydroxylation sites is 1. The predicted octanol–water partition coefficient (Wildman–Crippen LogP) is 4.69. The van der Waals surface area contributed by atoms with Crippen LogP contribution in [0.1, 0.15) is 12.5 Å². The number of nitrogens with one attached hydrogen (secondary N) is 1. The summed E-state index contributed by atoms with van der Waals surface area (Å²) < 4.78 is 12.3. The summed E-state index contributed by atoms with van der Waals surface area (Å²) in [6.07, 6.45) is 1.51. The normalized spacial score (nSPS) is 11.1. The third-order valence-electron chi connectivity index (χ3n) is 5.05. The van der Waals surface area contributed by atoms with Crippen LogP contribution in [0.3, 0.4) is 0 Å². The molecule has 0 saturated carbocycles. The van der Waals surface area contributed by atoms with Crippen molar-refractivity contribution >= 4 is 46.4 Å². The Morgan fingerprint density at radius 3 is 2.67 bits per heavy atom. The summed E-state index contributed by atoms with van der Waals surface area (Å²) in [7, 11) is 1.56. The molecule has 0 aliphatic heterocycles. The molecular formula is C26H23ClN4O4S. The molecule has 0 bridgehead atoms. The Morgan fingerprint density at radius 2 is 1.92 bits per heavy atom. The number of hydrazone groups is 1. The van der Waals surface area contributed by atoms with Crippen molar-refractivity contribution in [2.45, 2.75) is 12.1 Å². The van der Waals surface area contributed by atoms with Gasteiger partial charge in [-0.3, -0.25) is 14.2 Å². The van der Waals surface area contributed by atoms with Gasteiger partial charge in [-0.2, -0.15) is 5.10 Å². The monoisotopic (exact) mass is 522 g/mol. The molecule has 1 aromatic heterocycles. The van der Waals surface area contributed by atoms with Crippen molar-refractivity contribution in [3.63, 3.8) is 0 Å². The summed E-state index contributed by atoms with van der Waals surface area (Å²) >= 11 is 7.16. The van der Waals surface area contributed by atoms with Crippen molar-refractivity contribution in [3.05, 3.63) is 87.7 Å². The number of benzene rings is 3. The van der Waals surface area contributed by atoms with Gasteiger partial charge in [-0.1, -0.05) is 35.5 Å². The lowest BCUT2D eigenvalue weighted by molar-refractivity contribution is -0.118. The van der Waals surface area contributed by atoms with E-state index in [0.29, 0.717) is 44.9 Å². The summed E-state index contributed by atoms with van der Waals surface area (Å²) in [5.74, 6) is 0.860. The molecule has 0 unspecified atom stereocenters. The van der Waals surface area contributed by atoms with Crippen LogP contribution in [0.2, 0.25) is 5.02 Å². The molecule has 10 heteroatoms. The number of hydrogen-bond donors (Lipinski definition) is 1. The molecule has 8 nitrogen and oxygen atoms in total. The first kappa shape index (κ1) is 25.3. The van der Waals surface area contributed by atoms with E-state index in [4.69, 9.17) is 21.1 Å². The molecule has 0 spiro atoms. The number of aromatic nitrogens is 2. The Kier molecular flexibility index (Phi) is 8.24. The minimum atomic E-state index is -0.348. The number of carbonyl (C=O) groups excluding carboxylic acids is 1. The number of thioether (sulfide) groups is 1. The molecule has 0 radical (unpaired) electrons. The molecule has 1 N–H and O–H groups in total. The number of halogens is 1. The van der Waals surface area contributed by atoms with Gasteiger partial charge >= 0.3 is 0 Å². The van der Waals surface area contributed by atoms with Crippen LogP contribution in [-0.4, -0.2) is 41.1 Å². The van der Waals surface area contributed by atoms with Gasteiger partial charge in [0.1, 0.15) is 0 Å². The topological polar surface area (TPSA) is 94.8 Å². The van der Waals surface area contributed by atoms with E-state index in [1.807, 2.05) is 19.1 Å². The number of carbonyl (C=O) groups is 1. The second-order valence-corrected chi connectivity index (χ2v) is 8.83. The van der Waals surface area contributed by atoms with Crippen LogP contribution in [0.5, 0.6) is 11.5 Å². The maximum absolute atomic E-state index is 13.3. The smallest absolute Gasteiger partial charge is 0.266 e. The van der Waals surface area contributed by atoms with E-state index in [1.54, 1.807) is 61.7 Å². The van der Waals surface area contributed by atoms with E-state index in [2.05, 4.69) is 15.5 Å². The molecular weight excluding hydrogens is 500 g/mol. The van der Waals surface area contributed by atoms with Crippen molar-refractivity contribution in [3.8, 4) is 17.2 Å². The second kappa shape index (κ2) is 11.7. The van der Waals surface area contributed by atoms with Crippen LogP contribution in [0.25, 0.3) is 16.6 Å². The summed E-state index contributed by atoms with van der Waals surface area (Å²) in [5, 5.41) is 5.45. The SMILES string of the molecule is CCOc1ccc(C=NNC(=O)CSc2nc3ccccc3c(=O)n2-c2ccc(Cl)cc2)cc1OC. The first-order valence-corrected chi connectivity index (χ1v) is 12.4. The summed E-state index contributed by atoms with van der Waals surface area (Å²) in [5.41, 5.74) is 4.16. The third kappa shape index (κ3) is 5.87. The van der Waals surface area contributed by atoms with Crippen LogP contribution in [0.15, 0.2) is 81.8 Å². The molecule has 4 aromatic rings. The Bertz CT molecular complexity index is 1470.